The number of nitrogens with one attached hydrogen (secondary N) is 1. The third-order valence-corrected chi connectivity index (χ3v) is 6.67. The van der Waals surface area contributed by atoms with Gasteiger partial charge in [0.2, 0.25) is 10.0 Å². The van der Waals surface area contributed by atoms with Crippen molar-refractivity contribution in [1.82, 2.24) is 4.72 Å². The number of carbonyl (C=O) groups excluding carboxylic acids is 1. The van der Waals surface area contributed by atoms with E-state index in [4.69, 9.17) is 32.4 Å². The van der Waals surface area contributed by atoms with Crippen molar-refractivity contribution in [1.29, 1.82) is 0 Å². The Morgan fingerprint density at radius 3 is 2.40 bits per heavy atom. The fraction of sp³-hybridized carbons (Fsp3) is 0.200. The van der Waals surface area contributed by atoms with Crippen LogP contribution >= 0.6 is 23.2 Å². The first-order chi connectivity index (χ1) is 14.0. The van der Waals surface area contributed by atoms with Crippen molar-refractivity contribution < 1.29 is 22.4 Å². The Labute approximate surface area is 182 Å². The molecule has 1 heterocycles. The zero-order valence-corrected chi connectivity index (χ0v) is 18.5. The van der Waals surface area contributed by atoms with E-state index < -0.39 is 27.7 Å². The van der Waals surface area contributed by atoms with Crippen LogP contribution in [0.2, 0.25) is 10.0 Å². The molecule has 2 aromatic carbocycles. The predicted molar refractivity (Wildman–Crippen MR) is 114 cm³/mol. The van der Waals surface area contributed by atoms with Crippen molar-refractivity contribution in [2.24, 2.45) is 0 Å². The highest BCUT2D eigenvalue weighted by Crippen LogP contribution is 2.33. The van der Waals surface area contributed by atoms with E-state index in [9.17, 15) is 18.0 Å². The summed E-state index contributed by atoms with van der Waals surface area (Å²) in [4.78, 5) is 24.2. The van der Waals surface area contributed by atoms with Crippen molar-refractivity contribution >= 4 is 50.2 Å². The molecule has 3 aromatic rings. The molecule has 7 nitrogen and oxygen atoms in total. The van der Waals surface area contributed by atoms with E-state index in [1.807, 2.05) is 6.92 Å². The Morgan fingerprint density at radius 2 is 1.77 bits per heavy atom. The maximum atomic E-state index is 12.5. The molecule has 0 aliphatic rings. The number of esters is 1. The van der Waals surface area contributed by atoms with Gasteiger partial charge in [0.15, 0.2) is 5.75 Å². The van der Waals surface area contributed by atoms with E-state index in [1.54, 1.807) is 19.1 Å². The first-order valence-electron chi connectivity index (χ1n) is 8.73. The van der Waals surface area contributed by atoms with Gasteiger partial charge in [0.25, 0.3) is 0 Å². The minimum atomic E-state index is -3.93. The highest BCUT2D eigenvalue weighted by molar-refractivity contribution is 7.89. The first-order valence-corrected chi connectivity index (χ1v) is 11.0. The predicted octanol–water partition coefficient (Wildman–Crippen LogP) is 3.99. The average molecular weight is 470 g/mol. The maximum Gasteiger partial charge on any atom is 0.355 e. The van der Waals surface area contributed by atoms with Crippen molar-refractivity contribution in [3.8, 4) is 5.75 Å². The molecule has 0 aliphatic carbocycles. The number of hydrogen-bond acceptors (Lipinski definition) is 6. The smallest absolute Gasteiger partial charge is 0.355 e. The summed E-state index contributed by atoms with van der Waals surface area (Å²) in [5, 5.41) is 0.484. The molecule has 0 radical (unpaired) electrons. The molecule has 0 saturated carbocycles. The molecule has 10 heteroatoms. The molecule has 0 saturated heterocycles. The lowest BCUT2D eigenvalue weighted by Crippen LogP contribution is -2.40. The number of halogens is 2. The standard InChI is InChI=1S/C20H17Cl2NO6S/c1-10-4-6-13(7-5-10)30(26,27)23-12(3)19(24)29-17-9-16-14(8-15(17)21)11(2)18(22)20(25)28-16/h4-9,12,23H,1-3H3/t12-/m1/s1. The highest BCUT2D eigenvalue weighted by atomic mass is 35.5. The quantitative estimate of drug-likeness (QED) is 0.344. The number of fused-ring (bicyclic) bond motifs is 1. The number of benzene rings is 2. The number of ether oxygens (including phenoxy) is 1. The van der Waals surface area contributed by atoms with E-state index in [1.165, 1.54) is 31.2 Å². The van der Waals surface area contributed by atoms with Crippen LogP contribution in [-0.4, -0.2) is 20.4 Å². The van der Waals surface area contributed by atoms with E-state index in [0.29, 0.717) is 10.9 Å². The number of rotatable bonds is 5. The van der Waals surface area contributed by atoms with Gasteiger partial charge in [-0.2, -0.15) is 4.72 Å². The normalized spacial score (nSPS) is 12.7. The molecule has 3 rings (SSSR count). The Bertz CT molecular complexity index is 1300. The third-order valence-electron chi connectivity index (χ3n) is 4.38. The van der Waals surface area contributed by atoms with Gasteiger partial charge in [-0.25, -0.2) is 18.0 Å². The SMILES string of the molecule is Cc1ccc(S(=O)(=O)N[C@H](C)C(=O)Oc2cc3oc(=O)c(Cl)c(C)c3cc2Cl)cc1. The number of carbonyl (C=O) groups is 1. The van der Waals surface area contributed by atoms with Crippen LogP contribution < -0.4 is 15.1 Å². The molecular formula is C20H17Cl2NO6S. The van der Waals surface area contributed by atoms with Gasteiger partial charge in [-0.15, -0.1) is 0 Å². The van der Waals surface area contributed by atoms with Gasteiger partial charge in [-0.05, 0) is 44.5 Å². The van der Waals surface area contributed by atoms with Gasteiger partial charge in [0.05, 0.1) is 9.92 Å². The Balaban J connectivity index is 1.83. The Morgan fingerprint density at radius 1 is 1.13 bits per heavy atom. The number of aryl methyl sites for hydroxylation is 2. The molecule has 0 bridgehead atoms. The molecule has 1 N–H and O–H groups in total. The second-order valence-electron chi connectivity index (χ2n) is 6.68. The third kappa shape index (κ3) is 4.52. The maximum absolute atomic E-state index is 12.5. The summed E-state index contributed by atoms with van der Waals surface area (Å²) in [6.45, 7) is 4.80. The number of hydrogen-bond donors (Lipinski definition) is 1. The van der Waals surface area contributed by atoms with Crippen molar-refractivity contribution in [3.05, 3.63) is 68.0 Å². The van der Waals surface area contributed by atoms with Gasteiger partial charge in [-0.3, -0.25) is 0 Å². The van der Waals surface area contributed by atoms with Gasteiger partial charge in [0.1, 0.15) is 16.6 Å². The highest BCUT2D eigenvalue weighted by Gasteiger charge is 2.24. The summed E-state index contributed by atoms with van der Waals surface area (Å²) in [6.07, 6.45) is 0. The molecule has 30 heavy (non-hydrogen) atoms. The van der Waals surface area contributed by atoms with E-state index in [-0.39, 0.29) is 26.3 Å². The van der Waals surface area contributed by atoms with Crippen molar-refractivity contribution in [2.75, 3.05) is 0 Å². The van der Waals surface area contributed by atoms with Crippen molar-refractivity contribution in [2.45, 2.75) is 31.7 Å². The summed E-state index contributed by atoms with van der Waals surface area (Å²) in [6, 6.07) is 7.69. The van der Waals surface area contributed by atoms with Crippen LogP contribution in [0.1, 0.15) is 18.1 Å². The van der Waals surface area contributed by atoms with Gasteiger partial charge < -0.3 is 9.15 Å². The van der Waals surface area contributed by atoms with Crippen LogP contribution in [0.15, 0.2) is 50.5 Å². The minimum absolute atomic E-state index is 0.0191. The topological polar surface area (TPSA) is 103 Å². The lowest BCUT2D eigenvalue weighted by molar-refractivity contribution is -0.135. The van der Waals surface area contributed by atoms with E-state index in [0.717, 1.165) is 5.56 Å². The summed E-state index contributed by atoms with van der Waals surface area (Å²) >= 11 is 12.1. The first kappa shape index (κ1) is 22.3. The Kier molecular flexibility index (Phi) is 6.24. The molecule has 0 aliphatic heterocycles. The fourth-order valence-corrected chi connectivity index (χ4v) is 4.20. The average Bonchev–Trinajstić information content (AvgIpc) is 2.67. The molecule has 0 unspecified atom stereocenters. The molecule has 0 fully saturated rings. The minimum Gasteiger partial charge on any atom is -0.424 e. The summed E-state index contributed by atoms with van der Waals surface area (Å²) in [5.74, 6) is -0.972. The molecule has 1 atom stereocenters. The van der Waals surface area contributed by atoms with Crippen molar-refractivity contribution in [3.63, 3.8) is 0 Å². The van der Waals surface area contributed by atoms with Crippen LogP contribution in [0, 0.1) is 13.8 Å². The van der Waals surface area contributed by atoms with Crippen LogP contribution in [0.4, 0.5) is 0 Å². The summed E-state index contributed by atoms with van der Waals surface area (Å²) < 4.78 is 37.5. The van der Waals surface area contributed by atoms with Gasteiger partial charge >= 0.3 is 11.6 Å². The second kappa shape index (κ2) is 8.39. The van der Waals surface area contributed by atoms with Crippen LogP contribution in [0.25, 0.3) is 11.0 Å². The lowest BCUT2D eigenvalue weighted by Gasteiger charge is -2.15. The van der Waals surface area contributed by atoms with Gasteiger partial charge in [-0.1, -0.05) is 40.9 Å². The second-order valence-corrected chi connectivity index (χ2v) is 9.18. The van der Waals surface area contributed by atoms with Crippen LogP contribution in [-0.2, 0) is 14.8 Å². The van der Waals surface area contributed by atoms with E-state index in [2.05, 4.69) is 4.72 Å². The zero-order valence-electron chi connectivity index (χ0n) is 16.2. The van der Waals surface area contributed by atoms with E-state index >= 15 is 0 Å². The number of sulfonamides is 1. The lowest BCUT2D eigenvalue weighted by atomic mass is 10.1. The molecule has 0 spiro atoms. The largest absolute Gasteiger partial charge is 0.424 e. The van der Waals surface area contributed by atoms with Gasteiger partial charge in [0, 0.05) is 11.5 Å². The summed E-state index contributed by atoms with van der Waals surface area (Å²) in [5.41, 5.74) is 0.764. The molecule has 1 aromatic heterocycles. The fourth-order valence-electron chi connectivity index (χ4n) is 2.67. The molecule has 158 valence electrons. The van der Waals surface area contributed by atoms with Crippen LogP contribution in [0.3, 0.4) is 0 Å². The Hall–Kier alpha value is -2.39. The molecule has 0 amide bonds. The summed E-state index contributed by atoms with van der Waals surface area (Å²) in [7, 11) is -3.93. The van der Waals surface area contributed by atoms with Crippen LogP contribution in [0.5, 0.6) is 5.75 Å². The monoisotopic (exact) mass is 469 g/mol. The zero-order chi connectivity index (χ0) is 22.2. The molecular weight excluding hydrogens is 453 g/mol.